The first kappa shape index (κ1) is 22.6. The first-order valence-corrected chi connectivity index (χ1v) is 10.5. The van der Waals surface area contributed by atoms with Gasteiger partial charge in [-0.3, -0.25) is 4.98 Å². The molecule has 3 rings (SSSR count). The molecule has 0 saturated heterocycles. The van der Waals surface area contributed by atoms with Gasteiger partial charge in [-0.25, -0.2) is 8.78 Å². The number of hydrogen-bond donors (Lipinski definition) is 1. The van der Waals surface area contributed by atoms with Crippen molar-refractivity contribution in [3.63, 3.8) is 0 Å². The highest BCUT2D eigenvalue weighted by atomic mass is 19.2. The largest absolute Gasteiger partial charge is 0.393 e. The van der Waals surface area contributed by atoms with E-state index in [9.17, 15) is 13.9 Å². The summed E-state index contributed by atoms with van der Waals surface area (Å²) in [7, 11) is 0. The number of rotatable bonds is 9. The highest BCUT2D eigenvalue weighted by Crippen LogP contribution is 2.28. The van der Waals surface area contributed by atoms with Crippen LogP contribution in [-0.4, -0.2) is 16.2 Å². The summed E-state index contributed by atoms with van der Waals surface area (Å²) in [6.45, 7) is 5.37. The summed E-state index contributed by atoms with van der Waals surface area (Å²) in [5, 5.41) is 9.28. The maximum absolute atomic E-state index is 14.5. The summed E-state index contributed by atoms with van der Waals surface area (Å²) in [6.07, 6.45) is 10.0. The first-order valence-electron chi connectivity index (χ1n) is 10.5. The van der Waals surface area contributed by atoms with E-state index in [2.05, 4.69) is 23.7 Å². The number of allylic oxidation sites excluding steroid dienone is 2. The van der Waals surface area contributed by atoms with Crippen LogP contribution in [0.4, 0.5) is 8.78 Å². The van der Waals surface area contributed by atoms with Gasteiger partial charge in [0, 0.05) is 22.9 Å². The van der Waals surface area contributed by atoms with E-state index in [0.29, 0.717) is 5.56 Å². The van der Waals surface area contributed by atoms with Gasteiger partial charge < -0.3 is 5.11 Å². The summed E-state index contributed by atoms with van der Waals surface area (Å²) in [6, 6.07) is 14.7. The van der Waals surface area contributed by atoms with Crippen molar-refractivity contribution in [3.8, 4) is 22.4 Å². The number of benzene rings is 2. The summed E-state index contributed by atoms with van der Waals surface area (Å²) >= 11 is 0. The van der Waals surface area contributed by atoms with E-state index in [-0.39, 0.29) is 23.7 Å². The summed E-state index contributed by atoms with van der Waals surface area (Å²) < 4.78 is 28.7. The van der Waals surface area contributed by atoms with Gasteiger partial charge in [0.05, 0.1) is 11.8 Å². The maximum atomic E-state index is 14.5. The zero-order valence-electron chi connectivity index (χ0n) is 17.7. The van der Waals surface area contributed by atoms with Gasteiger partial charge in [0.2, 0.25) is 0 Å². The molecule has 1 N–H and O–H groups in total. The number of hydrogen-bond acceptors (Lipinski definition) is 2. The normalized spacial score (nSPS) is 12.3. The number of nitrogens with zero attached hydrogens (tertiary/aromatic N) is 1. The minimum Gasteiger partial charge on any atom is -0.393 e. The lowest BCUT2D eigenvalue weighted by Gasteiger charge is -2.08. The average Bonchev–Trinajstić information content (AvgIpc) is 2.77. The van der Waals surface area contributed by atoms with Crippen LogP contribution in [0.3, 0.4) is 0 Å². The minimum atomic E-state index is -0.863. The highest BCUT2D eigenvalue weighted by Gasteiger charge is 2.14. The Morgan fingerprint density at radius 3 is 2.39 bits per heavy atom. The van der Waals surface area contributed by atoms with Gasteiger partial charge in [-0.1, -0.05) is 60.7 Å². The summed E-state index contributed by atoms with van der Waals surface area (Å²) in [5.41, 5.74) is 3.82. The van der Waals surface area contributed by atoms with E-state index in [1.54, 1.807) is 37.4 Å². The van der Waals surface area contributed by atoms with Crippen LogP contribution < -0.4 is 0 Å². The number of pyridine rings is 1. The topological polar surface area (TPSA) is 33.1 Å². The molecule has 0 saturated carbocycles. The van der Waals surface area contributed by atoms with Gasteiger partial charge in [-0.2, -0.15) is 0 Å². The molecule has 160 valence electrons. The quantitative estimate of drug-likeness (QED) is 0.300. The molecule has 31 heavy (non-hydrogen) atoms. The minimum absolute atomic E-state index is 0.195. The molecule has 2 nitrogen and oxygen atoms in total. The molecule has 0 bridgehead atoms. The predicted molar refractivity (Wildman–Crippen MR) is 123 cm³/mol. The van der Waals surface area contributed by atoms with Crippen LogP contribution in [0.15, 0.2) is 73.5 Å². The van der Waals surface area contributed by atoms with Crippen molar-refractivity contribution in [1.82, 2.24) is 4.98 Å². The molecule has 0 aliphatic rings. The molecule has 0 amide bonds. The van der Waals surface area contributed by atoms with Crippen molar-refractivity contribution in [2.75, 3.05) is 0 Å². The van der Waals surface area contributed by atoms with Gasteiger partial charge in [-0.15, -0.1) is 6.58 Å². The number of aliphatic hydroxyl groups is 1. The molecule has 1 atom stereocenters. The monoisotopic (exact) mass is 419 g/mol. The van der Waals surface area contributed by atoms with Gasteiger partial charge >= 0.3 is 0 Å². The Hall–Kier alpha value is -3.11. The highest BCUT2D eigenvalue weighted by molar-refractivity contribution is 5.68. The third-order valence-corrected chi connectivity index (χ3v) is 5.11. The third kappa shape index (κ3) is 5.96. The van der Waals surface area contributed by atoms with Crippen LogP contribution in [0.25, 0.3) is 28.5 Å². The van der Waals surface area contributed by atoms with Crippen molar-refractivity contribution in [3.05, 3.63) is 96.2 Å². The molecular formula is C27H27F2NO. The van der Waals surface area contributed by atoms with Gasteiger partial charge in [0.25, 0.3) is 0 Å². The Labute approximate surface area is 182 Å². The van der Waals surface area contributed by atoms with Gasteiger partial charge in [0.15, 0.2) is 11.6 Å². The lowest BCUT2D eigenvalue weighted by Crippen LogP contribution is -1.97. The third-order valence-electron chi connectivity index (χ3n) is 5.11. The second kappa shape index (κ2) is 10.8. The number of unbranched alkanes of at least 4 members (excludes halogenated alkanes) is 1. The van der Waals surface area contributed by atoms with E-state index < -0.39 is 11.6 Å². The fourth-order valence-electron chi connectivity index (χ4n) is 3.37. The van der Waals surface area contributed by atoms with Crippen molar-refractivity contribution in [2.45, 2.75) is 38.7 Å². The Morgan fingerprint density at radius 2 is 1.74 bits per heavy atom. The van der Waals surface area contributed by atoms with Crippen LogP contribution in [0.1, 0.15) is 37.3 Å². The van der Waals surface area contributed by atoms with Crippen molar-refractivity contribution in [1.29, 1.82) is 0 Å². The molecule has 1 unspecified atom stereocenters. The van der Waals surface area contributed by atoms with Crippen molar-refractivity contribution >= 4 is 6.08 Å². The second-order valence-electron chi connectivity index (χ2n) is 7.63. The predicted octanol–water partition coefficient (Wildman–Crippen LogP) is 6.99. The molecule has 0 fully saturated rings. The van der Waals surface area contributed by atoms with Crippen LogP contribution in [0.2, 0.25) is 0 Å². The molecule has 0 aliphatic carbocycles. The molecular weight excluding hydrogens is 392 g/mol. The second-order valence-corrected chi connectivity index (χ2v) is 7.63. The van der Waals surface area contributed by atoms with E-state index in [4.69, 9.17) is 0 Å². The van der Waals surface area contributed by atoms with Crippen LogP contribution in [0, 0.1) is 11.6 Å². The lowest BCUT2D eigenvalue weighted by atomic mass is 10.0. The van der Waals surface area contributed by atoms with E-state index >= 15 is 0 Å². The van der Waals surface area contributed by atoms with Crippen LogP contribution in [0.5, 0.6) is 0 Å². The maximum Gasteiger partial charge on any atom is 0.166 e. The standard InChI is InChI=1S/C27H27F2NO/c1-3-7-22-14-16-24(27(29)26(22)28)23-15-17-25(30-18-23)21-12-10-20(11-13-21)9-6-4-5-8-19(2)31/h3,6,9-19,31H,1,4-5,7-8H2,2H3/b9-6+. The molecule has 1 heterocycles. The number of aliphatic hydroxyl groups excluding tert-OH is 1. The van der Waals surface area contributed by atoms with Crippen LogP contribution >= 0.6 is 0 Å². The van der Waals surface area contributed by atoms with E-state index in [1.807, 2.05) is 30.3 Å². The zero-order valence-corrected chi connectivity index (χ0v) is 17.7. The van der Waals surface area contributed by atoms with Crippen molar-refractivity contribution < 1.29 is 13.9 Å². The average molecular weight is 420 g/mol. The molecule has 3 aromatic rings. The summed E-state index contributed by atoms with van der Waals surface area (Å²) in [4.78, 5) is 4.44. The fraction of sp³-hybridized carbons (Fsp3) is 0.222. The smallest absolute Gasteiger partial charge is 0.166 e. The molecule has 0 spiro atoms. The fourth-order valence-corrected chi connectivity index (χ4v) is 3.37. The van der Waals surface area contributed by atoms with Crippen molar-refractivity contribution in [2.24, 2.45) is 0 Å². The summed E-state index contributed by atoms with van der Waals surface area (Å²) in [5.74, 6) is -1.70. The molecule has 1 aromatic heterocycles. The zero-order chi connectivity index (χ0) is 22.2. The first-order chi connectivity index (χ1) is 15.0. The van der Waals surface area contributed by atoms with Crippen LogP contribution in [-0.2, 0) is 6.42 Å². The van der Waals surface area contributed by atoms with Gasteiger partial charge in [0.1, 0.15) is 0 Å². The Bertz CT molecular complexity index is 1040. The number of aromatic nitrogens is 1. The van der Waals surface area contributed by atoms with E-state index in [0.717, 1.165) is 36.1 Å². The Balaban J connectivity index is 1.70. The SMILES string of the molecule is C=CCc1ccc(-c2ccc(-c3ccc(/C=C/CCCC(C)O)cc3)nc2)c(F)c1F. The molecule has 4 heteroatoms. The lowest BCUT2D eigenvalue weighted by molar-refractivity contribution is 0.182. The molecule has 0 aliphatic heterocycles. The number of halogens is 2. The molecule has 0 radical (unpaired) electrons. The van der Waals surface area contributed by atoms with Gasteiger partial charge in [-0.05, 0) is 49.8 Å². The Morgan fingerprint density at radius 1 is 1.00 bits per heavy atom. The van der Waals surface area contributed by atoms with E-state index in [1.165, 1.54) is 0 Å². The Kier molecular flexibility index (Phi) is 7.85. The molecule has 2 aromatic carbocycles.